The normalized spacial score (nSPS) is 16.8. The van der Waals surface area contributed by atoms with E-state index in [0.29, 0.717) is 0 Å². The van der Waals surface area contributed by atoms with Crippen LogP contribution in [0.4, 0.5) is 0 Å². The van der Waals surface area contributed by atoms with Crippen molar-refractivity contribution in [2.75, 3.05) is 32.7 Å². The Bertz CT molecular complexity index is 624. The highest BCUT2D eigenvalue weighted by Gasteiger charge is 2.23. The van der Waals surface area contributed by atoms with Gasteiger partial charge in [-0.1, -0.05) is 25.1 Å². The molecule has 0 atom stereocenters. The Balaban J connectivity index is 1.86. The summed E-state index contributed by atoms with van der Waals surface area (Å²) in [5.74, 6) is 0.164. The van der Waals surface area contributed by atoms with Gasteiger partial charge in [0.05, 0.1) is 5.56 Å². The van der Waals surface area contributed by atoms with E-state index in [0.717, 1.165) is 49.2 Å². The molecule has 0 unspecified atom stereocenters. The average molecular weight is 271 g/mol. The van der Waals surface area contributed by atoms with Crippen LogP contribution in [0.25, 0.3) is 10.9 Å². The van der Waals surface area contributed by atoms with Crippen molar-refractivity contribution in [2.24, 2.45) is 7.05 Å². The van der Waals surface area contributed by atoms with Crippen molar-refractivity contribution in [2.45, 2.75) is 6.92 Å². The van der Waals surface area contributed by atoms with Crippen molar-refractivity contribution in [1.29, 1.82) is 0 Å². The van der Waals surface area contributed by atoms with Crippen molar-refractivity contribution < 1.29 is 4.79 Å². The first-order chi connectivity index (χ1) is 9.70. The minimum Gasteiger partial charge on any atom is -0.350 e. The number of hydrogen-bond acceptors (Lipinski definition) is 2. The highest BCUT2D eigenvalue weighted by Crippen LogP contribution is 2.22. The molecule has 0 N–H and O–H groups in total. The van der Waals surface area contributed by atoms with Crippen molar-refractivity contribution in [3.05, 3.63) is 36.0 Å². The number of rotatable bonds is 2. The number of nitrogens with zero attached hydrogens (tertiary/aromatic N) is 3. The third-order valence-electron chi connectivity index (χ3n) is 4.23. The van der Waals surface area contributed by atoms with Crippen LogP contribution in [0.1, 0.15) is 17.3 Å². The van der Waals surface area contributed by atoms with Crippen LogP contribution in [-0.4, -0.2) is 53.0 Å². The molecule has 1 aliphatic rings. The molecule has 2 heterocycles. The largest absolute Gasteiger partial charge is 0.350 e. The Kier molecular flexibility index (Phi) is 3.49. The van der Waals surface area contributed by atoms with Gasteiger partial charge >= 0.3 is 0 Å². The van der Waals surface area contributed by atoms with Crippen LogP contribution in [0.2, 0.25) is 0 Å². The van der Waals surface area contributed by atoms with E-state index in [2.05, 4.69) is 17.9 Å². The molecule has 20 heavy (non-hydrogen) atoms. The first kappa shape index (κ1) is 13.2. The third-order valence-corrected chi connectivity index (χ3v) is 4.23. The predicted octanol–water partition coefficient (Wildman–Crippen LogP) is 1.96. The number of fused-ring (bicyclic) bond motifs is 1. The number of aromatic nitrogens is 1. The van der Waals surface area contributed by atoms with Crippen LogP contribution < -0.4 is 0 Å². The summed E-state index contributed by atoms with van der Waals surface area (Å²) in [7, 11) is 1.99. The molecule has 0 saturated carbocycles. The van der Waals surface area contributed by atoms with Gasteiger partial charge in [-0.15, -0.1) is 0 Å². The van der Waals surface area contributed by atoms with Crippen molar-refractivity contribution >= 4 is 16.8 Å². The molecule has 0 aliphatic carbocycles. The van der Waals surface area contributed by atoms with Gasteiger partial charge in [0.15, 0.2) is 0 Å². The summed E-state index contributed by atoms with van der Waals surface area (Å²) in [5.41, 5.74) is 1.94. The molecule has 4 nitrogen and oxygen atoms in total. The van der Waals surface area contributed by atoms with Crippen LogP contribution in [0.3, 0.4) is 0 Å². The topological polar surface area (TPSA) is 28.5 Å². The molecule has 4 heteroatoms. The fourth-order valence-corrected chi connectivity index (χ4v) is 2.95. The Hall–Kier alpha value is -1.81. The molecule has 1 saturated heterocycles. The van der Waals surface area contributed by atoms with E-state index >= 15 is 0 Å². The van der Waals surface area contributed by atoms with Crippen LogP contribution in [-0.2, 0) is 7.05 Å². The van der Waals surface area contributed by atoms with Crippen molar-refractivity contribution in [3.63, 3.8) is 0 Å². The Morgan fingerprint density at radius 1 is 1.15 bits per heavy atom. The molecule has 1 amide bonds. The first-order valence-electron chi connectivity index (χ1n) is 7.26. The van der Waals surface area contributed by atoms with E-state index in [1.165, 1.54) is 0 Å². The second-order valence-electron chi connectivity index (χ2n) is 5.40. The van der Waals surface area contributed by atoms with Gasteiger partial charge in [0.25, 0.3) is 5.91 Å². The highest BCUT2D eigenvalue weighted by atomic mass is 16.2. The molecule has 3 rings (SSSR count). The number of piperazine rings is 1. The second-order valence-corrected chi connectivity index (χ2v) is 5.40. The number of para-hydroxylation sites is 1. The minimum atomic E-state index is 0.164. The lowest BCUT2D eigenvalue weighted by Gasteiger charge is -2.34. The summed E-state index contributed by atoms with van der Waals surface area (Å²) in [6.45, 7) is 6.85. The van der Waals surface area contributed by atoms with E-state index in [9.17, 15) is 4.79 Å². The number of hydrogen-bond donors (Lipinski definition) is 0. The van der Waals surface area contributed by atoms with E-state index in [1.807, 2.05) is 40.9 Å². The van der Waals surface area contributed by atoms with Crippen LogP contribution in [0.5, 0.6) is 0 Å². The standard InChI is InChI=1S/C16H21N3O/c1-3-18-8-10-19(11-9-18)16(20)14-12-17(2)15-7-5-4-6-13(14)15/h4-7,12H,3,8-11H2,1-2H3. The zero-order chi connectivity index (χ0) is 14.1. The van der Waals surface area contributed by atoms with Gasteiger partial charge in [0, 0.05) is 50.3 Å². The van der Waals surface area contributed by atoms with Crippen LogP contribution in [0, 0.1) is 0 Å². The Morgan fingerprint density at radius 3 is 2.55 bits per heavy atom. The number of aryl methyl sites for hydroxylation is 1. The highest BCUT2D eigenvalue weighted by molar-refractivity contribution is 6.07. The van der Waals surface area contributed by atoms with E-state index < -0.39 is 0 Å². The SMILES string of the molecule is CCN1CCN(C(=O)c2cn(C)c3ccccc23)CC1. The van der Waals surface area contributed by atoms with Gasteiger partial charge in [-0.25, -0.2) is 0 Å². The molecular formula is C16H21N3O. The maximum Gasteiger partial charge on any atom is 0.256 e. The Labute approximate surface area is 119 Å². The smallest absolute Gasteiger partial charge is 0.256 e. The van der Waals surface area contributed by atoms with E-state index in [4.69, 9.17) is 0 Å². The molecule has 1 fully saturated rings. The molecule has 2 aromatic rings. The van der Waals surface area contributed by atoms with Crippen molar-refractivity contribution in [3.8, 4) is 0 Å². The molecule has 0 bridgehead atoms. The summed E-state index contributed by atoms with van der Waals surface area (Å²) in [5, 5.41) is 1.05. The van der Waals surface area contributed by atoms with Gasteiger partial charge in [0.1, 0.15) is 0 Å². The molecule has 106 valence electrons. The van der Waals surface area contributed by atoms with Gasteiger partial charge in [-0.05, 0) is 12.6 Å². The number of likely N-dealkylation sites (N-methyl/N-ethyl adjacent to an activating group) is 1. The average Bonchev–Trinajstić information content (AvgIpc) is 2.84. The summed E-state index contributed by atoms with van der Waals surface area (Å²) < 4.78 is 2.03. The molecule has 0 radical (unpaired) electrons. The third kappa shape index (κ3) is 2.20. The maximum atomic E-state index is 12.7. The van der Waals surface area contributed by atoms with Gasteiger partial charge in [-0.2, -0.15) is 0 Å². The second kappa shape index (κ2) is 5.29. The lowest BCUT2D eigenvalue weighted by molar-refractivity contribution is 0.0645. The number of carbonyl (C=O) groups excluding carboxylic acids is 1. The lowest BCUT2D eigenvalue weighted by Crippen LogP contribution is -2.48. The Morgan fingerprint density at radius 2 is 1.85 bits per heavy atom. The van der Waals surface area contributed by atoms with Crippen molar-refractivity contribution in [1.82, 2.24) is 14.4 Å². The summed E-state index contributed by atoms with van der Waals surface area (Å²) in [6, 6.07) is 8.09. The fourth-order valence-electron chi connectivity index (χ4n) is 2.95. The zero-order valence-corrected chi connectivity index (χ0v) is 12.2. The summed E-state index contributed by atoms with van der Waals surface area (Å²) in [4.78, 5) is 17.1. The molecule has 0 spiro atoms. The monoisotopic (exact) mass is 271 g/mol. The zero-order valence-electron chi connectivity index (χ0n) is 12.2. The molecule has 1 aromatic carbocycles. The van der Waals surface area contributed by atoms with Gasteiger partial charge < -0.3 is 14.4 Å². The lowest BCUT2D eigenvalue weighted by atomic mass is 10.1. The van der Waals surface area contributed by atoms with Gasteiger partial charge in [-0.3, -0.25) is 4.79 Å². The maximum absolute atomic E-state index is 12.7. The van der Waals surface area contributed by atoms with E-state index in [-0.39, 0.29) is 5.91 Å². The van der Waals surface area contributed by atoms with E-state index in [1.54, 1.807) is 0 Å². The quantitative estimate of drug-likeness (QED) is 0.835. The molecular weight excluding hydrogens is 250 g/mol. The summed E-state index contributed by atoms with van der Waals surface area (Å²) >= 11 is 0. The summed E-state index contributed by atoms with van der Waals surface area (Å²) in [6.07, 6.45) is 1.96. The van der Waals surface area contributed by atoms with Crippen LogP contribution >= 0.6 is 0 Å². The number of amides is 1. The fraction of sp³-hybridized carbons (Fsp3) is 0.438. The first-order valence-corrected chi connectivity index (χ1v) is 7.26. The number of carbonyl (C=O) groups is 1. The minimum absolute atomic E-state index is 0.164. The van der Waals surface area contributed by atoms with Gasteiger partial charge in [0.2, 0.25) is 0 Å². The predicted molar refractivity (Wildman–Crippen MR) is 80.9 cm³/mol. The molecule has 1 aromatic heterocycles. The molecule has 1 aliphatic heterocycles. The van der Waals surface area contributed by atoms with Crippen LogP contribution in [0.15, 0.2) is 30.5 Å². The number of benzene rings is 1.